The third kappa shape index (κ3) is 3.86. The van der Waals surface area contributed by atoms with Crippen LogP contribution in [0.2, 0.25) is 0 Å². The van der Waals surface area contributed by atoms with Crippen molar-refractivity contribution in [3.8, 4) is 0 Å². The topological polar surface area (TPSA) is 39.1 Å². The number of benzene rings is 1. The summed E-state index contributed by atoms with van der Waals surface area (Å²) in [5, 5.41) is 3.45. The van der Waals surface area contributed by atoms with Crippen molar-refractivity contribution in [3.63, 3.8) is 0 Å². The largest absolute Gasteiger partial charge is 0.383 e. The Hall–Kier alpha value is -1.33. The summed E-state index contributed by atoms with van der Waals surface area (Å²) in [6.07, 6.45) is 3.02. The summed E-state index contributed by atoms with van der Waals surface area (Å²) in [4.78, 5) is 4.59. The van der Waals surface area contributed by atoms with E-state index in [4.69, 9.17) is 4.74 Å². The van der Waals surface area contributed by atoms with Gasteiger partial charge in [-0.2, -0.15) is 0 Å². The van der Waals surface area contributed by atoms with Crippen LogP contribution in [-0.4, -0.2) is 23.3 Å². The number of anilines is 2. The Morgan fingerprint density at radius 1 is 1.43 bits per heavy atom. The molecular weight excluding hydrogens is 330 g/mol. The van der Waals surface area contributed by atoms with Crippen LogP contribution in [0.4, 0.5) is 11.6 Å². The maximum atomic E-state index is 5.25. The van der Waals surface area contributed by atoms with Crippen LogP contribution in [0.25, 0.3) is 0 Å². The zero-order valence-electron chi connectivity index (χ0n) is 13.0. The molecule has 1 aromatic carbocycles. The molecule has 21 heavy (non-hydrogen) atoms. The second kappa shape index (κ2) is 7.09. The van der Waals surface area contributed by atoms with E-state index in [2.05, 4.69) is 63.0 Å². The van der Waals surface area contributed by atoms with Crippen molar-refractivity contribution >= 4 is 27.6 Å². The van der Waals surface area contributed by atoms with E-state index in [0.717, 1.165) is 28.2 Å². The number of hydrogen-bond donors (Lipinski definition) is 1. The molecule has 4 nitrogen and oxygen atoms in total. The van der Waals surface area contributed by atoms with Gasteiger partial charge in [0.25, 0.3) is 0 Å². The van der Waals surface area contributed by atoms with Crippen molar-refractivity contribution in [1.29, 1.82) is 0 Å². The number of nitrogens with zero attached hydrogens (tertiary/aromatic N) is 2. The van der Waals surface area contributed by atoms with Gasteiger partial charge in [0.1, 0.15) is 0 Å². The number of halogens is 1. The predicted octanol–water partition coefficient (Wildman–Crippen LogP) is 4.47. The Morgan fingerprint density at radius 2 is 2.19 bits per heavy atom. The van der Waals surface area contributed by atoms with Crippen molar-refractivity contribution in [2.24, 2.45) is 0 Å². The van der Waals surface area contributed by atoms with Crippen molar-refractivity contribution in [2.75, 3.05) is 19.0 Å². The molecule has 0 saturated carbocycles. The van der Waals surface area contributed by atoms with Gasteiger partial charge in [-0.1, -0.05) is 22.9 Å². The molecule has 114 valence electrons. The van der Waals surface area contributed by atoms with E-state index in [9.17, 15) is 0 Å². The molecule has 0 fully saturated rings. The van der Waals surface area contributed by atoms with Crippen molar-refractivity contribution in [1.82, 2.24) is 9.55 Å². The lowest BCUT2D eigenvalue weighted by atomic mass is 10.1. The maximum absolute atomic E-state index is 5.25. The normalized spacial score (nSPS) is 12.4. The molecule has 1 atom stereocenters. The van der Waals surface area contributed by atoms with Crippen LogP contribution < -0.4 is 5.32 Å². The minimum atomic E-state index is 0.235. The highest BCUT2D eigenvalue weighted by Gasteiger charge is 2.13. The Morgan fingerprint density at radius 3 is 2.86 bits per heavy atom. The Balaban J connectivity index is 2.31. The number of ether oxygens (including phenoxy) is 1. The van der Waals surface area contributed by atoms with Crippen molar-refractivity contribution in [3.05, 3.63) is 40.1 Å². The van der Waals surface area contributed by atoms with Gasteiger partial charge in [-0.05, 0) is 44.0 Å². The quantitative estimate of drug-likeness (QED) is 0.834. The number of methoxy groups -OCH3 is 1. The van der Waals surface area contributed by atoms with Gasteiger partial charge >= 0.3 is 0 Å². The highest BCUT2D eigenvalue weighted by molar-refractivity contribution is 9.10. The minimum Gasteiger partial charge on any atom is -0.383 e. The maximum Gasteiger partial charge on any atom is 0.207 e. The van der Waals surface area contributed by atoms with Gasteiger partial charge in [-0.3, -0.25) is 0 Å². The van der Waals surface area contributed by atoms with Crippen LogP contribution in [0.1, 0.15) is 31.1 Å². The van der Waals surface area contributed by atoms with E-state index >= 15 is 0 Å². The number of hydrogen-bond acceptors (Lipinski definition) is 3. The molecule has 0 amide bonds. The third-order valence-electron chi connectivity index (χ3n) is 3.43. The van der Waals surface area contributed by atoms with Gasteiger partial charge in [0.2, 0.25) is 5.95 Å². The van der Waals surface area contributed by atoms with Gasteiger partial charge in [-0.25, -0.2) is 4.98 Å². The first kappa shape index (κ1) is 16.0. The fraction of sp³-hybridized carbons (Fsp3) is 0.438. The number of aryl methyl sites for hydroxylation is 2. The van der Waals surface area contributed by atoms with Gasteiger partial charge in [-0.15, -0.1) is 0 Å². The lowest BCUT2D eigenvalue weighted by Crippen LogP contribution is -2.13. The molecule has 2 rings (SSSR count). The van der Waals surface area contributed by atoms with E-state index in [1.165, 1.54) is 5.56 Å². The number of aromatic nitrogens is 2. The molecular formula is C16H22BrN3O. The Kier molecular flexibility index (Phi) is 5.42. The third-order valence-corrected chi connectivity index (χ3v) is 3.92. The van der Waals surface area contributed by atoms with Crippen LogP contribution in [0.15, 0.2) is 28.9 Å². The molecule has 0 aliphatic carbocycles. The van der Waals surface area contributed by atoms with Crippen LogP contribution in [-0.2, 0) is 11.2 Å². The highest BCUT2D eigenvalue weighted by atomic mass is 79.9. The summed E-state index contributed by atoms with van der Waals surface area (Å²) in [6.45, 7) is 6.94. The second-order valence-electron chi connectivity index (χ2n) is 5.20. The van der Waals surface area contributed by atoms with Crippen LogP contribution in [0, 0.1) is 6.92 Å². The smallest absolute Gasteiger partial charge is 0.207 e. The molecule has 1 heterocycles. The number of imidazole rings is 1. The van der Waals surface area contributed by atoms with Gasteiger partial charge in [0.15, 0.2) is 0 Å². The van der Waals surface area contributed by atoms with E-state index < -0.39 is 0 Å². The summed E-state index contributed by atoms with van der Waals surface area (Å²) in [7, 11) is 1.72. The standard InChI is InChI=1S/C16H22BrN3O/c1-5-13-8-14(17)6-7-15(13)19-16-18-11(2)9-20(16)12(3)10-21-4/h6-9,12H,5,10H2,1-4H3,(H,18,19). The molecule has 1 unspecified atom stereocenters. The second-order valence-corrected chi connectivity index (χ2v) is 6.11. The molecule has 0 saturated heterocycles. The average Bonchev–Trinajstić information content (AvgIpc) is 2.82. The molecule has 0 aliphatic heterocycles. The zero-order valence-corrected chi connectivity index (χ0v) is 14.6. The first-order chi connectivity index (χ1) is 10.0. The van der Waals surface area contributed by atoms with Gasteiger partial charge in [0.05, 0.1) is 18.3 Å². The van der Waals surface area contributed by atoms with E-state index in [1.807, 2.05) is 13.0 Å². The average molecular weight is 352 g/mol. The molecule has 1 N–H and O–H groups in total. The van der Waals surface area contributed by atoms with Crippen LogP contribution in [0.5, 0.6) is 0 Å². The fourth-order valence-corrected chi connectivity index (χ4v) is 2.77. The first-order valence-electron chi connectivity index (χ1n) is 7.15. The summed E-state index contributed by atoms with van der Waals surface area (Å²) >= 11 is 3.52. The Bertz CT molecular complexity index is 610. The van der Waals surface area contributed by atoms with Crippen molar-refractivity contribution in [2.45, 2.75) is 33.2 Å². The lowest BCUT2D eigenvalue weighted by Gasteiger charge is -2.17. The summed E-state index contributed by atoms with van der Waals surface area (Å²) < 4.78 is 8.47. The summed E-state index contributed by atoms with van der Waals surface area (Å²) in [5.41, 5.74) is 3.35. The van der Waals surface area contributed by atoms with Gasteiger partial charge in [0, 0.05) is 23.5 Å². The SMILES string of the molecule is CCc1cc(Br)ccc1Nc1nc(C)cn1C(C)COC. The van der Waals surface area contributed by atoms with E-state index in [0.29, 0.717) is 6.61 Å². The molecule has 5 heteroatoms. The monoisotopic (exact) mass is 351 g/mol. The van der Waals surface area contributed by atoms with Gasteiger partial charge < -0.3 is 14.6 Å². The summed E-state index contributed by atoms with van der Waals surface area (Å²) in [6, 6.07) is 6.50. The van der Waals surface area contributed by atoms with Crippen LogP contribution in [0.3, 0.4) is 0 Å². The molecule has 0 aliphatic rings. The lowest BCUT2D eigenvalue weighted by molar-refractivity contribution is 0.163. The molecule has 0 bridgehead atoms. The fourth-order valence-electron chi connectivity index (χ4n) is 2.36. The Labute approximate surface area is 134 Å². The molecule has 0 radical (unpaired) electrons. The molecule has 1 aromatic heterocycles. The molecule has 0 spiro atoms. The zero-order chi connectivity index (χ0) is 15.4. The van der Waals surface area contributed by atoms with E-state index in [1.54, 1.807) is 7.11 Å². The van der Waals surface area contributed by atoms with E-state index in [-0.39, 0.29) is 6.04 Å². The first-order valence-corrected chi connectivity index (χ1v) is 7.94. The minimum absolute atomic E-state index is 0.235. The molecule has 2 aromatic rings. The van der Waals surface area contributed by atoms with Crippen LogP contribution >= 0.6 is 15.9 Å². The number of nitrogens with one attached hydrogen (secondary N) is 1. The predicted molar refractivity (Wildman–Crippen MR) is 90.4 cm³/mol. The summed E-state index contributed by atoms with van der Waals surface area (Å²) in [5.74, 6) is 0.856. The number of rotatable bonds is 6. The van der Waals surface area contributed by atoms with Crippen molar-refractivity contribution < 1.29 is 4.74 Å². The highest BCUT2D eigenvalue weighted by Crippen LogP contribution is 2.26.